The highest BCUT2D eigenvalue weighted by molar-refractivity contribution is 7.11. The number of nitrogens with zero attached hydrogens (tertiary/aromatic N) is 4. The van der Waals surface area contributed by atoms with Crippen LogP contribution in [0.25, 0.3) is 11.3 Å². The van der Waals surface area contributed by atoms with Crippen LogP contribution in [0.4, 0.5) is 0 Å². The number of hydrogen-bond acceptors (Lipinski definition) is 6. The van der Waals surface area contributed by atoms with Crippen molar-refractivity contribution < 1.29 is 4.65 Å². The summed E-state index contributed by atoms with van der Waals surface area (Å²) in [7, 11) is 5.46. The molecule has 110 valence electrons. The predicted molar refractivity (Wildman–Crippen MR) is 87.1 cm³/mol. The van der Waals surface area contributed by atoms with Gasteiger partial charge in [-0.25, -0.2) is 15.0 Å². The molecular formula is C15H15BN4OS. The molecule has 2 aromatic rings. The molecule has 5 nitrogen and oxygen atoms in total. The summed E-state index contributed by atoms with van der Waals surface area (Å²) in [4.78, 5) is 14.0. The molecule has 7 heteroatoms. The second-order valence-electron chi connectivity index (χ2n) is 4.89. The van der Waals surface area contributed by atoms with Gasteiger partial charge in [0.1, 0.15) is 23.2 Å². The first-order chi connectivity index (χ1) is 10.4. The Hall–Kier alpha value is -2.20. The van der Waals surface area contributed by atoms with Crippen molar-refractivity contribution in [2.24, 2.45) is 0 Å². The van der Waals surface area contributed by atoms with Gasteiger partial charge in [-0.05, 0) is 34.6 Å². The van der Waals surface area contributed by atoms with E-state index in [-0.39, 0.29) is 5.76 Å². The Bertz CT molecular complexity index is 781. The summed E-state index contributed by atoms with van der Waals surface area (Å²) >= 11 is 1.52. The SMILES string of the molecule is [B]OC(=C(C#N)c1nc(C)sc1C)c1c(C)nc(C)nc1C. The number of allylic oxidation sites excluding steroid dienone is 1. The number of nitriles is 1. The Morgan fingerprint density at radius 2 is 1.68 bits per heavy atom. The van der Waals surface area contributed by atoms with E-state index in [0.717, 1.165) is 9.88 Å². The van der Waals surface area contributed by atoms with E-state index in [9.17, 15) is 5.26 Å². The monoisotopic (exact) mass is 310 g/mol. The molecule has 0 fully saturated rings. The Balaban J connectivity index is 2.78. The second kappa shape index (κ2) is 6.28. The average Bonchev–Trinajstić information content (AvgIpc) is 2.75. The highest BCUT2D eigenvalue weighted by Gasteiger charge is 2.21. The van der Waals surface area contributed by atoms with Crippen LogP contribution < -0.4 is 0 Å². The lowest BCUT2D eigenvalue weighted by molar-refractivity contribution is 0.571. The zero-order valence-corrected chi connectivity index (χ0v) is 14.0. The minimum Gasteiger partial charge on any atom is -0.566 e. The lowest BCUT2D eigenvalue weighted by Crippen LogP contribution is -2.05. The smallest absolute Gasteiger partial charge is 0.374 e. The number of hydrogen-bond donors (Lipinski definition) is 0. The van der Waals surface area contributed by atoms with Gasteiger partial charge in [0, 0.05) is 4.88 Å². The third kappa shape index (κ3) is 2.88. The standard InChI is InChI=1S/C15H15BN4OS/c1-7-13(8(2)19-10(4)18-7)15(21-16)12(6-17)14-9(3)22-11(5)20-14/h1-5H3. The zero-order chi connectivity index (χ0) is 16.4. The van der Waals surface area contributed by atoms with Crippen LogP contribution in [0, 0.1) is 45.9 Å². The zero-order valence-electron chi connectivity index (χ0n) is 13.2. The van der Waals surface area contributed by atoms with Crippen LogP contribution in [0.2, 0.25) is 0 Å². The highest BCUT2D eigenvalue weighted by Crippen LogP contribution is 2.32. The molecule has 0 aromatic carbocycles. The summed E-state index contributed by atoms with van der Waals surface area (Å²) in [5.41, 5.74) is 2.94. The Morgan fingerprint density at radius 3 is 2.09 bits per heavy atom. The van der Waals surface area contributed by atoms with Crippen molar-refractivity contribution in [2.45, 2.75) is 34.6 Å². The normalized spacial score (nSPS) is 11.8. The summed E-state index contributed by atoms with van der Waals surface area (Å²) in [5, 5.41) is 10.5. The minimum atomic E-state index is 0.255. The molecule has 0 aliphatic heterocycles. The summed E-state index contributed by atoms with van der Waals surface area (Å²) < 4.78 is 5.05. The van der Waals surface area contributed by atoms with Crippen LogP contribution >= 0.6 is 11.3 Å². The van der Waals surface area contributed by atoms with Gasteiger partial charge in [-0.3, -0.25) is 0 Å². The Kier molecular flexibility index (Phi) is 4.62. The fraction of sp³-hybridized carbons (Fsp3) is 0.333. The molecule has 2 heterocycles. The maximum absolute atomic E-state index is 9.59. The van der Waals surface area contributed by atoms with Crippen LogP contribution in [0.15, 0.2) is 0 Å². The van der Waals surface area contributed by atoms with Crippen molar-refractivity contribution in [3.8, 4) is 6.07 Å². The molecule has 0 bridgehead atoms. The molecule has 22 heavy (non-hydrogen) atoms. The number of aryl methyl sites for hydroxylation is 5. The molecule has 0 N–H and O–H groups in total. The van der Waals surface area contributed by atoms with Crippen molar-refractivity contribution in [2.75, 3.05) is 0 Å². The molecule has 0 aliphatic carbocycles. The molecular weight excluding hydrogens is 295 g/mol. The van der Waals surface area contributed by atoms with Crippen LogP contribution in [-0.4, -0.2) is 23.0 Å². The van der Waals surface area contributed by atoms with Crippen LogP contribution in [0.1, 0.15) is 38.4 Å². The molecule has 2 aromatic heterocycles. The van der Waals surface area contributed by atoms with Crippen LogP contribution in [-0.2, 0) is 4.65 Å². The summed E-state index contributed by atoms with van der Waals surface area (Å²) in [6, 6.07) is 2.15. The van der Waals surface area contributed by atoms with Crippen molar-refractivity contribution in [1.82, 2.24) is 15.0 Å². The molecule has 0 saturated carbocycles. The quantitative estimate of drug-likeness (QED) is 0.495. The first-order valence-corrected chi connectivity index (χ1v) is 7.48. The van der Waals surface area contributed by atoms with E-state index >= 15 is 0 Å². The molecule has 0 saturated heterocycles. The van der Waals surface area contributed by atoms with Gasteiger partial charge in [0.2, 0.25) is 0 Å². The topological polar surface area (TPSA) is 71.7 Å². The molecule has 2 radical (unpaired) electrons. The molecule has 0 aliphatic rings. The molecule has 0 amide bonds. The first-order valence-electron chi connectivity index (χ1n) is 6.66. The average molecular weight is 310 g/mol. The Labute approximate surface area is 135 Å². The summed E-state index contributed by atoms with van der Waals surface area (Å²) in [5.74, 6) is 0.917. The van der Waals surface area contributed by atoms with Gasteiger partial charge in [-0.15, -0.1) is 11.3 Å². The number of aromatic nitrogens is 3. The Morgan fingerprint density at radius 1 is 1.09 bits per heavy atom. The van der Waals surface area contributed by atoms with Crippen LogP contribution in [0.3, 0.4) is 0 Å². The van der Waals surface area contributed by atoms with Gasteiger partial charge in [-0.1, -0.05) is 0 Å². The number of thiazole rings is 1. The largest absolute Gasteiger partial charge is 0.566 e. The van der Waals surface area contributed by atoms with E-state index in [2.05, 4.69) is 21.0 Å². The third-order valence-corrected chi connectivity index (χ3v) is 4.09. The van der Waals surface area contributed by atoms with Crippen LogP contribution in [0.5, 0.6) is 0 Å². The van der Waals surface area contributed by atoms with E-state index < -0.39 is 0 Å². The van der Waals surface area contributed by atoms with Crippen molar-refractivity contribution in [3.05, 3.63) is 38.4 Å². The van der Waals surface area contributed by atoms with E-state index in [4.69, 9.17) is 12.7 Å². The van der Waals surface area contributed by atoms with E-state index in [1.54, 1.807) is 0 Å². The lowest BCUT2D eigenvalue weighted by atomic mass is 10.0. The lowest BCUT2D eigenvalue weighted by Gasteiger charge is -2.14. The number of rotatable bonds is 3. The fourth-order valence-electron chi connectivity index (χ4n) is 2.43. The third-order valence-electron chi connectivity index (χ3n) is 3.21. The maximum atomic E-state index is 9.59. The van der Waals surface area contributed by atoms with Gasteiger partial charge in [0.05, 0.1) is 27.7 Å². The maximum Gasteiger partial charge on any atom is 0.374 e. The van der Waals surface area contributed by atoms with Crippen molar-refractivity contribution >= 4 is 30.7 Å². The first kappa shape index (κ1) is 16.2. The van der Waals surface area contributed by atoms with Gasteiger partial charge in [0.15, 0.2) is 0 Å². The predicted octanol–water partition coefficient (Wildman–Crippen LogP) is 2.97. The molecule has 0 spiro atoms. The molecule has 0 unspecified atom stereocenters. The minimum absolute atomic E-state index is 0.255. The molecule has 2 rings (SSSR count). The van der Waals surface area contributed by atoms with Crippen molar-refractivity contribution in [3.63, 3.8) is 0 Å². The summed E-state index contributed by atoms with van der Waals surface area (Å²) in [6.45, 7) is 9.30. The van der Waals surface area contributed by atoms with E-state index in [0.29, 0.717) is 34.0 Å². The highest BCUT2D eigenvalue weighted by atomic mass is 32.1. The second-order valence-corrected chi connectivity index (χ2v) is 6.30. The van der Waals surface area contributed by atoms with E-state index in [1.165, 1.54) is 11.3 Å². The van der Waals surface area contributed by atoms with Gasteiger partial charge < -0.3 is 4.65 Å². The summed E-state index contributed by atoms with van der Waals surface area (Å²) in [6.07, 6.45) is 0. The molecule has 0 atom stereocenters. The van der Waals surface area contributed by atoms with Gasteiger partial charge in [0.25, 0.3) is 0 Å². The van der Waals surface area contributed by atoms with E-state index in [1.807, 2.05) is 34.6 Å². The fourth-order valence-corrected chi connectivity index (χ4v) is 3.25. The van der Waals surface area contributed by atoms with Gasteiger partial charge >= 0.3 is 8.05 Å². The van der Waals surface area contributed by atoms with Gasteiger partial charge in [-0.2, -0.15) is 5.26 Å². The van der Waals surface area contributed by atoms with Crippen molar-refractivity contribution in [1.29, 1.82) is 5.26 Å².